The van der Waals surface area contributed by atoms with Crippen LogP contribution in [0.25, 0.3) is 6.08 Å². The Morgan fingerprint density at radius 2 is 1.78 bits per heavy atom. The van der Waals surface area contributed by atoms with E-state index in [9.17, 15) is 14.4 Å². The molecule has 1 aliphatic heterocycles. The van der Waals surface area contributed by atoms with E-state index in [0.29, 0.717) is 22.1 Å². The van der Waals surface area contributed by atoms with Gasteiger partial charge in [0.2, 0.25) is 5.91 Å². The Balaban J connectivity index is 1.75. The van der Waals surface area contributed by atoms with Crippen LogP contribution < -0.4 is 14.8 Å². The molecule has 2 aromatic carbocycles. The summed E-state index contributed by atoms with van der Waals surface area (Å²) in [4.78, 5) is 38.2. The molecule has 1 aliphatic rings. The molecule has 0 aromatic heterocycles. The normalized spacial score (nSPS) is 15.6. The van der Waals surface area contributed by atoms with Crippen molar-refractivity contribution < 1.29 is 29.0 Å². The van der Waals surface area contributed by atoms with E-state index in [-0.39, 0.29) is 15.8 Å². The number of ether oxygens (including phenoxy) is 2. The number of nitrogens with zero attached hydrogens (tertiary/aromatic N) is 1. The minimum absolute atomic E-state index is 0.105. The van der Waals surface area contributed by atoms with Gasteiger partial charge in [-0.2, -0.15) is 0 Å². The highest BCUT2D eigenvalue weighted by molar-refractivity contribution is 8.26. The number of thiocarbonyl (C=S) groups is 1. The van der Waals surface area contributed by atoms with Crippen LogP contribution in [0.5, 0.6) is 11.5 Å². The molecule has 1 fully saturated rings. The van der Waals surface area contributed by atoms with Crippen LogP contribution in [0.4, 0.5) is 5.69 Å². The highest BCUT2D eigenvalue weighted by Crippen LogP contribution is 2.35. The first kappa shape index (κ1) is 23.3. The summed E-state index contributed by atoms with van der Waals surface area (Å²) in [7, 11) is 3.06. The van der Waals surface area contributed by atoms with Gasteiger partial charge in [-0.05, 0) is 55.0 Å². The zero-order chi connectivity index (χ0) is 23.4. The van der Waals surface area contributed by atoms with Crippen molar-refractivity contribution in [2.75, 3.05) is 19.5 Å². The molecule has 0 bridgehead atoms. The van der Waals surface area contributed by atoms with Crippen molar-refractivity contribution >= 4 is 57.8 Å². The third-order valence-corrected chi connectivity index (χ3v) is 6.03. The Hall–Kier alpha value is -3.37. The molecule has 0 aliphatic carbocycles. The number of hydrogen-bond acceptors (Lipinski definition) is 7. The maximum absolute atomic E-state index is 13.0. The molecular weight excluding hydrogens is 452 g/mol. The van der Waals surface area contributed by atoms with Crippen LogP contribution in [0, 0.1) is 0 Å². The van der Waals surface area contributed by atoms with Crippen LogP contribution in [0.15, 0.2) is 47.4 Å². The molecule has 10 heteroatoms. The second kappa shape index (κ2) is 9.84. The summed E-state index contributed by atoms with van der Waals surface area (Å²) < 4.78 is 10.8. The van der Waals surface area contributed by atoms with Gasteiger partial charge in [-0.25, -0.2) is 4.79 Å². The number of rotatable bonds is 7. The summed E-state index contributed by atoms with van der Waals surface area (Å²) >= 11 is 6.45. The Morgan fingerprint density at radius 3 is 2.38 bits per heavy atom. The van der Waals surface area contributed by atoms with E-state index in [1.807, 2.05) is 0 Å². The number of carbonyl (C=O) groups is 3. The molecule has 1 heterocycles. The molecule has 0 saturated carbocycles. The van der Waals surface area contributed by atoms with Gasteiger partial charge in [0.1, 0.15) is 10.4 Å². The van der Waals surface area contributed by atoms with Crippen LogP contribution in [0.2, 0.25) is 0 Å². The number of aromatic carboxylic acids is 1. The maximum Gasteiger partial charge on any atom is 0.335 e. The van der Waals surface area contributed by atoms with Crippen LogP contribution in [0.1, 0.15) is 22.8 Å². The van der Waals surface area contributed by atoms with Crippen LogP contribution in [-0.2, 0) is 9.59 Å². The topological polar surface area (TPSA) is 105 Å². The Kier molecular flexibility index (Phi) is 7.16. The van der Waals surface area contributed by atoms with Crippen LogP contribution >= 0.6 is 24.0 Å². The Morgan fingerprint density at radius 1 is 1.12 bits per heavy atom. The molecule has 0 spiro atoms. The van der Waals surface area contributed by atoms with Gasteiger partial charge in [-0.15, -0.1) is 0 Å². The predicted molar refractivity (Wildman–Crippen MR) is 126 cm³/mol. The zero-order valence-electron chi connectivity index (χ0n) is 17.4. The van der Waals surface area contributed by atoms with Crippen molar-refractivity contribution in [2.24, 2.45) is 0 Å². The summed E-state index contributed by atoms with van der Waals surface area (Å²) in [6.07, 6.45) is 1.68. The molecule has 1 atom stereocenters. The molecule has 3 rings (SSSR count). The summed E-state index contributed by atoms with van der Waals surface area (Å²) in [5.74, 6) is -0.789. The molecule has 8 nitrogen and oxygen atoms in total. The molecule has 2 N–H and O–H groups in total. The fourth-order valence-electron chi connectivity index (χ4n) is 2.97. The molecule has 0 radical (unpaired) electrons. The number of carboxylic acids is 1. The van der Waals surface area contributed by atoms with Gasteiger partial charge in [0, 0.05) is 5.69 Å². The first-order valence-electron chi connectivity index (χ1n) is 9.38. The number of benzene rings is 2. The first-order chi connectivity index (χ1) is 15.2. The maximum atomic E-state index is 13.0. The van der Waals surface area contributed by atoms with E-state index in [4.69, 9.17) is 26.8 Å². The lowest BCUT2D eigenvalue weighted by Crippen LogP contribution is -2.44. The minimum Gasteiger partial charge on any atom is -0.493 e. The summed E-state index contributed by atoms with van der Waals surface area (Å²) in [6, 6.07) is 10.1. The number of thioether (sulfide) groups is 1. The summed E-state index contributed by atoms with van der Waals surface area (Å²) in [6.45, 7) is 1.57. The van der Waals surface area contributed by atoms with E-state index in [2.05, 4.69) is 5.32 Å². The van der Waals surface area contributed by atoms with Crippen LogP contribution in [-0.4, -0.2) is 52.4 Å². The average Bonchev–Trinajstić information content (AvgIpc) is 3.06. The van der Waals surface area contributed by atoms with Gasteiger partial charge in [0.25, 0.3) is 5.91 Å². The lowest BCUT2D eigenvalue weighted by Gasteiger charge is -2.22. The molecule has 1 saturated heterocycles. The standard InChI is InChI=1S/C22H20N2O6S2/c1-12(19(25)23-15-7-5-14(6-8-15)21(27)28)24-20(26)18(32-22(24)31)11-13-4-9-16(29-2)17(10-13)30-3/h4-12H,1-3H3,(H,23,25)(H,27,28)/b18-11-. The molecule has 166 valence electrons. The third-order valence-electron chi connectivity index (χ3n) is 4.70. The number of carbonyl (C=O) groups excluding carboxylic acids is 2. The molecule has 1 unspecified atom stereocenters. The average molecular weight is 473 g/mol. The fourth-order valence-corrected chi connectivity index (χ4v) is 4.39. The molecule has 2 amide bonds. The highest BCUT2D eigenvalue weighted by Gasteiger charge is 2.38. The van der Waals surface area contributed by atoms with Gasteiger partial charge in [0.15, 0.2) is 11.5 Å². The third kappa shape index (κ3) is 4.92. The molecular formula is C22H20N2O6S2. The van der Waals surface area contributed by atoms with E-state index >= 15 is 0 Å². The number of hydrogen-bond donors (Lipinski definition) is 2. The van der Waals surface area contributed by atoms with Crippen molar-refractivity contribution in [1.29, 1.82) is 0 Å². The summed E-state index contributed by atoms with van der Waals surface area (Å²) in [5.41, 5.74) is 1.24. The zero-order valence-corrected chi connectivity index (χ0v) is 19.1. The van der Waals surface area contributed by atoms with Gasteiger partial charge in [-0.1, -0.05) is 30.0 Å². The lowest BCUT2D eigenvalue weighted by atomic mass is 10.1. The quantitative estimate of drug-likeness (QED) is 0.465. The predicted octanol–water partition coefficient (Wildman–Crippen LogP) is 3.63. The minimum atomic E-state index is -1.06. The smallest absolute Gasteiger partial charge is 0.335 e. The SMILES string of the molecule is COc1ccc(/C=C2\SC(=S)N(C(C)C(=O)Nc3ccc(C(=O)O)cc3)C2=O)cc1OC. The van der Waals surface area contributed by atoms with Gasteiger partial charge in [0.05, 0.1) is 24.7 Å². The fraction of sp³-hybridized carbons (Fsp3) is 0.182. The number of nitrogens with one attached hydrogen (secondary N) is 1. The monoisotopic (exact) mass is 472 g/mol. The number of carboxylic acid groups (broad SMARTS) is 1. The number of methoxy groups -OCH3 is 2. The van der Waals surface area contributed by atoms with E-state index in [0.717, 1.165) is 17.3 Å². The van der Waals surface area contributed by atoms with Gasteiger partial charge >= 0.3 is 5.97 Å². The van der Waals surface area contributed by atoms with Gasteiger partial charge in [-0.3, -0.25) is 14.5 Å². The molecule has 2 aromatic rings. The summed E-state index contributed by atoms with van der Waals surface area (Å²) in [5, 5.41) is 11.6. The van der Waals surface area contributed by atoms with Crippen molar-refractivity contribution in [3.63, 3.8) is 0 Å². The van der Waals surface area contributed by atoms with Gasteiger partial charge < -0.3 is 19.9 Å². The van der Waals surface area contributed by atoms with Crippen molar-refractivity contribution in [2.45, 2.75) is 13.0 Å². The largest absolute Gasteiger partial charge is 0.493 e. The van der Waals surface area contributed by atoms with E-state index in [1.165, 1.54) is 43.4 Å². The van der Waals surface area contributed by atoms with Crippen LogP contribution in [0.3, 0.4) is 0 Å². The second-order valence-electron chi connectivity index (χ2n) is 6.71. The lowest BCUT2D eigenvalue weighted by molar-refractivity contribution is -0.129. The van der Waals surface area contributed by atoms with Crippen molar-refractivity contribution in [3.05, 3.63) is 58.5 Å². The van der Waals surface area contributed by atoms with Crippen molar-refractivity contribution in [1.82, 2.24) is 4.90 Å². The number of anilines is 1. The Labute approximate surface area is 194 Å². The van der Waals surface area contributed by atoms with E-state index in [1.54, 1.807) is 31.2 Å². The first-order valence-corrected chi connectivity index (χ1v) is 10.6. The molecule has 32 heavy (non-hydrogen) atoms. The highest BCUT2D eigenvalue weighted by atomic mass is 32.2. The van der Waals surface area contributed by atoms with E-state index < -0.39 is 17.9 Å². The Bertz CT molecular complexity index is 1110. The van der Waals surface area contributed by atoms with Crippen molar-refractivity contribution in [3.8, 4) is 11.5 Å². The number of amides is 2. The second-order valence-corrected chi connectivity index (χ2v) is 8.39.